The molecule has 0 radical (unpaired) electrons. The summed E-state index contributed by atoms with van der Waals surface area (Å²) in [4.78, 5) is 16.4. The van der Waals surface area contributed by atoms with Crippen LogP contribution in [0.15, 0.2) is 66.9 Å². The van der Waals surface area contributed by atoms with Gasteiger partial charge in [-0.3, -0.25) is 9.78 Å². The quantitative estimate of drug-likeness (QED) is 0.541. The Bertz CT molecular complexity index is 931. The fourth-order valence-electron chi connectivity index (χ4n) is 2.57. The predicted molar refractivity (Wildman–Crippen MR) is 109 cm³/mol. The molecule has 29 heavy (non-hydrogen) atoms. The molecule has 0 bridgehead atoms. The van der Waals surface area contributed by atoms with Crippen LogP contribution >= 0.6 is 0 Å². The largest absolute Gasteiger partial charge is 0.497 e. The number of amides is 1. The second kappa shape index (κ2) is 10.1. The van der Waals surface area contributed by atoms with Crippen LogP contribution in [0.3, 0.4) is 0 Å². The Morgan fingerprint density at radius 3 is 2.48 bits per heavy atom. The van der Waals surface area contributed by atoms with Gasteiger partial charge < -0.3 is 20.1 Å². The number of halogens is 1. The maximum absolute atomic E-state index is 13.0. The SMILES string of the molecule is COc1ccc(OCCNC(=O)c2cc(NCc3ccc(F)cc3)ccn2)cc1. The van der Waals surface area contributed by atoms with Crippen molar-refractivity contribution in [2.45, 2.75) is 6.54 Å². The summed E-state index contributed by atoms with van der Waals surface area (Å²) in [5.74, 6) is 0.899. The van der Waals surface area contributed by atoms with Gasteiger partial charge in [-0.2, -0.15) is 0 Å². The first-order chi connectivity index (χ1) is 14.1. The first kappa shape index (κ1) is 20.1. The zero-order chi connectivity index (χ0) is 20.5. The van der Waals surface area contributed by atoms with Crippen molar-refractivity contribution in [3.63, 3.8) is 0 Å². The van der Waals surface area contributed by atoms with E-state index in [0.29, 0.717) is 31.1 Å². The van der Waals surface area contributed by atoms with E-state index in [9.17, 15) is 9.18 Å². The minimum absolute atomic E-state index is 0.271. The lowest BCUT2D eigenvalue weighted by Crippen LogP contribution is -2.28. The van der Waals surface area contributed by atoms with Gasteiger partial charge >= 0.3 is 0 Å². The Labute approximate surface area is 168 Å². The Morgan fingerprint density at radius 2 is 1.76 bits per heavy atom. The molecule has 0 unspecified atom stereocenters. The van der Waals surface area contributed by atoms with Gasteiger partial charge in [0.05, 0.1) is 13.7 Å². The molecule has 0 aliphatic heterocycles. The lowest BCUT2D eigenvalue weighted by atomic mass is 10.2. The number of anilines is 1. The highest BCUT2D eigenvalue weighted by atomic mass is 19.1. The second-order valence-corrected chi connectivity index (χ2v) is 6.19. The fourth-order valence-corrected chi connectivity index (χ4v) is 2.57. The fraction of sp³-hybridized carbons (Fsp3) is 0.182. The molecular formula is C22H22FN3O3. The van der Waals surface area contributed by atoms with Crippen LogP contribution in [0.1, 0.15) is 16.1 Å². The molecule has 1 amide bonds. The average molecular weight is 395 g/mol. The third kappa shape index (κ3) is 6.21. The number of pyridine rings is 1. The summed E-state index contributed by atoms with van der Waals surface area (Å²) in [5.41, 5.74) is 1.99. The van der Waals surface area contributed by atoms with Crippen LogP contribution in [-0.2, 0) is 6.54 Å². The molecule has 2 N–H and O–H groups in total. The van der Waals surface area contributed by atoms with E-state index in [4.69, 9.17) is 9.47 Å². The van der Waals surface area contributed by atoms with Crippen LogP contribution in [0, 0.1) is 5.82 Å². The second-order valence-electron chi connectivity index (χ2n) is 6.19. The number of nitrogens with zero attached hydrogens (tertiary/aromatic N) is 1. The van der Waals surface area contributed by atoms with Crippen molar-refractivity contribution in [2.75, 3.05) is 25.6 Å². The van der Waals surface area contributed by atoms with E-state index in [1.165, 1.54) is 12.1 Å². The Morgan fingerprint density at radius 1 is 1.03 bits per heavy atom. The highest BCUT2D eigenvalue weighted by Gasteiger charge is 2.08. The van der Waals surface area contributed by atoms with Gasteiger partial charge in [0.25, 0.3) is 5.91 Å². The summed E-state index contributed by atoms with van der Waals surface area (Å²) in [6.07, 6.45) is 1.57. The van der Waals surface area contributed by atoms with E-state index in [1.807, 2.05) is 12.1 Å². The molecule has 1 aromatic heterocycles. The minimum Gasteiger partial charge on any atom is -0.497 e. The van der Waals surface area contributed by atoms with Gasteiger partial charge in [0.1, 0.15) is 29.6 Å². The Hall–Kier alpha value is -3.61. The van der Waals surface area contributed by atoms with Gasteiger partial charge in [0, 0.05) is 18.4 Å². The van der Waals surface area contributed by atoms with Crippen LogP contribution in [0.25, 0.3) is 0 Å². The highest BCUT2D eigenvalue weighted by molar-refractivity contribution is 5.93. The Kier molecular flexibility index (Phi) is 7.00. The van der Waals surface area contributed by atoms with Crippen LogP contribution in [0.2, 0.25) is 0 Å². The maximum atomic E-state index is 13.0. The molecule has 6 nitrogen and oxygen atoms in total. The molecule has 0 atom stereocenters. The van der Waals surface area contributed by atoms with E-state index >= 15 is 0 Å². The molecule has 0 aliphatic rings. The summed E-state index contributed by atoms with van der Waals surface area (Å²) >= 11 is 0. The number of methoxy groups -OCH3 is 1. The van der Waals surface area contributed by atoms with Gasteiger partial charge in [0.2, 0.25) is 0 Å². The summed E-state index contributed by atoms with van der Waals surface area (Å²) in [6.45, 7) is 1.20. The molecule has 150 valence electrons. The standard InChI is InChI=1S/C22H22FN3O3/c1-28-19-6-8-20(9-7-19)29-13-12-25-22(27)21-14-18(10-11-24-21)26-15-16-2-4-17(23)5-3-16/h2-11,14H,12-13,15H2,1H3,(H,24,26)(H,25,27). The van der Waals surface area contributed by atoms with Gasteiger partial charge in [0.15, 0.2) is 0 Å². The summed E-state index contributed by atoms with van der Waals surface area (Å²) in [6, 6.07) is 16.9. The minimum atomic E-state index is -0.284. The molecule has 0 saturated heterocycles. The van der Waals surface area contributed by atoms with E-state index in [2.05, 4.69) is 15.6 Å². The third-order valence-electron chi connectivity index (χ3n) is 4.12. The van der Waals surface area contributed by atoms with Crippen molar-refractivity contribution in [1.82, 2.24) is 10.3 Å². The van der Waals surface area contributed by atoms with Crippen molar-refractivity contribution in [3.05, 3.63) is 83.9 Å². The van der Waals surface area contributed by atoms with Crippen molar-refractivity contribution in [1.29, 1.82) is 0 Å². The zero-order valence-corrected chi connectivity index (χ0v) is 16.0. The topological polar surface area (TPSA) is 72.5 Å². The van der Waals surface area contributed by atoms with E-state index < -0.39 is 0 Å². The number of carbonyl (C=O) groups excluding carboxylic acids is 1. The molecule has 0 spiro atoms. The van der Waals surface area contributed by atoms with E-state index in [0.717, 1.165) is 17.0 Å². The number of benzene rings is 2. The number of hydrogen-bond donors (Lipinski definition) is 2. The number of carbonyl (C=O) groups is 1. The number of rotatable bonds is 9. The number of nitrogens with one attached hydrogen (secondary N) is 2. The zero-order valence-electron chi connectivity index (χ0n) is 16.0. The van der Waals surface area contributed by atoms with E-state index in [-0.39, 0.29) is 11.7 Å². The molecule has 7 heteroatoms. The van der Waals surface area contributed by atoms with E-state index in [1.54, 1.807) is 49.7 Å². The maximum Gasteiger partial charge on any atom is 0.270 e. The van der Waals surface area contributed by atoms with Gasteiger partial charge in [-0.15, -0.1) is 0 Å². The van der Waals surface area contributed by atoms with Crippen LogP contribution < -0.4 is 20.1 Å². The van der Waals surface area contributed by atoms with Crippen molar-refractivity contribution in [3.8, 4) is 11.5 Å². The smallest absolute Gasteiger partial charge is 0.270 e. The van der Waals surface area contributed by atoms with Crippen LogP contribution in [-0.4, -0.2) is 31.2 Å². The first-order valence-electron chi connectivity index (χ1n) is 9.13. The number of aromatic nitrogens is 1. The molecule has 1 heterocycles. The highest BCUT2D eigenvalue weighted by Crippen LogP contribution is 2.16. The van der Waals surface area contributed by atoms with Crippen LogP contribution in [0.4, 0.5) is 10.1 Å². The molecule has 0 saturated carbocycles. The normalized spacial score (nSPS) is 10.3. The predicted octanol–water partition coefficient (Wildman–Crippen LogP) is 3.65. The number of hydrogen-bond acceptors (Lipinski definition) is 5. The monoisotopic (exact) mass is 395 g/mol. The van der Waals surface area contributed by atoms with Crippen molar-refractivity contribution in [2.24, 2.45) is 0 Å². The molecule has 3 rings (SSSR count). The lowest BCUT2D eigenvalue weighted by molar-refractivity contribution is 0.0942. The number of ether oxygens (including phenoxy) is 2. The summed E-state index contributed by atoms with van der Waals surface area (Å²) < 4.78 is 23.6. The summed E-state index contributed by atoms with van der Waals surface area (Å²) in [5, 5.41) is 5.97. The molecular weight excluding hydrogens is 373 g/mol. The summed E-state index contributed by atoms with van der Waals surface area (Å²) in [7, 11) is 1.60. The van der Waals surface area contributed by atoms with Gasteiger partial charge in [-0.05, 0) is 54.1 Å². The Balaban J connectivity index is 1.45. The lowest BCUT2D eigenvalue weighted by Gasteiger charge is -2.10. The molecule has 3 aromatic rings. The van der Waals surface area contributed by atoms with Crippen LogP contribution in [0.5, 0.6) is 11.5 Å². The van der Waals surface area contributed by atoms with Crippen molar-refractivity contribution >= 4 is 11.6 Å². The molecule has 0 aliphatic carbocycles. The average Bonchev–Trinajstić information content (AvgIpc) is 2.77. The molecule has 2 aromatic carbocycles. The third-order valence-corrected chi connectivity index (χ3v) is 4.12. The first-order valence-corrected chi connectivity index (χ1v) is 9.13. The van der Waals surface area contributed by atoms with Gasteiger partial charge in [-0.25, -0.2) is 4.39 Å². The van der Waals surface area contributed by atoms with Gasteiger partial charge in [-0.1, -0.05) is 12.1 Å². The van der Waals surface area contributed by atoms with Crippen molar-refractivity contribution < 1.29 is 18.7 Å². The molecule has 0 fully saturated rings.